The molecule has 1 fully saturated rings. The second-order valence-corrected chi connectivity index (χ2v) is 5.79. The van der Waals surface area contributed by atoms with Gasteiger partial charge in [0.1, 0.15) is 11.4 Å². The van der Waals surface area contributed by atoms with Crippen molar-refractivity contribution in [2.75, 3.05) is 0 Å². The van der Waals surface area contributed by atoms with Crippen LogP contribution < -0.4 is 4.74 Å². The first-order valence-electron chi connectivity index (χ1n) is 5.96. The van der Waals surface area contributed by atoms with Gasteiger partial charge >= 0.3 is 5.97 Å². The van der Waals surface area contributed by atoms with Crippen molar-refractivity contribution in [1.29, 1.82) is 0 Å². The minimum atomic E-state index is -0.683. The monoisotopic (exact) mass is 232 g/mol. The number of carboxylic acid groups (broad SMARTS) is 1. The molecule has 3 heteroatoms. The molecule has 2 aliphatic rings. The summed E-state index contributed by atoms with van der Waals surface area (Å²) >= 11 is 0. The number of carboxylic acids is 1. The van der Waals surface area contributed by atoms with Gasteiger partial charge in [0.15, 0.2) is 0 Å². The summed E-state index contributed by atoms with van der Waals surface area (Å²) in [6.45, 7) is 4.06. The molecule has 3 nitrogen and oxygen atoms in total. The Kier molecular flexibility index (Phi) is 1.90. The number of hydrogen-bond acceptors (Lipinski definition) is 2. The zero-order valence-corrected chi connectivity index (χ0v) is 10.1. The lowest BCUT2D eigenvalue weighted by Crippen LogP contribution is -2.39. The highest BCUT2D eigenvalue weighted by molar-refractivity contribution is 5.78. The van der Waals surface area contributed by atoms with Crippen molar-refractivity contribution in [1.82, 2.24) is 0 Å². The minimum Gasteiger partial charge on any atom is -0.488 e. The molecule has 1 spiro atoms. The lowest BCUT2D eigenvalue weighted by atomic mass is 9.80. The third-order valence-electron chi connectivity index (χ3n) is 3.92. The standard InChI is InChI=1S/C14H16O3/c1-13(2)8-14(7-10(14)12(15)16)9-5-3-4-6-11(9)17-13/h3-6,10H,7-8H2,1-2H3,(H,15,16)/t10-,14-/m1/s1. The molecule has 0 amide bonds. The molecule has 0 radical (unpaired) electrons. The van der Waals surface area contributed by atoms with E-state index in [1.165, 1.54) is 0 Å². The summed E-state index contributed by atoms with van der Waals surface area (Å²) in [5, 5.41) is 9.23. The van der Waals surface area contributed by atoms with E-state index < -0.39 is 5.97 Å². The highest BCUT2D eigenvalue weighted by atomic mass is 16.5. The molecule has 90 valence electrons. The van der Waals surface area contributed by atoms with Gasteiger partial charge in [0.05, 0.1) is 5.92 Å². The topological polar surface area (TPSA) is 46.5 Å². The second kappa shape index (κ2) is 3.03. The number of fused-ring (bicyclic) bond motifs is 2. The normalized spacial score (nSPS) is 32.7. The van der Waals surface area contributed by atoms with Crippen molar-refractivity contribution >= 4 is 5.97 Å². The van der Waals surface area contributed by atoms with Gasteiger partial charge in [-0.1, -0.05) is 18.2 Å². The lowest BCUT2D eigenvalue weighted by Gasteiger charge is -2.38. The fourth-order valence-corrected chi connectivity index (χ4v) is 3.28. The highest BCUT2D eigenvalue weighted by Crippen LogP contribution is 2.63. The lowest BCUT2D eigenvalue weighted by molar-refractivity contribution is -0.139. The van der Waals surface area contributed by atoms with Crippen molar-refractivity contribution in [3.05, 3.63) is 29.8 Å². The SMILES string of the molecule is CC1(C)C[C@]2(C[C@@H]2C(=O)O)c2ccccc2O1. The van der Waals surface area contributed by atoms with Crippen LogP contribution in [-0.2, 0) is 10.2 Å². The van der Waals surface area contributed by atoms with Crippen molar-refractivity contribution in [2.45, 2.75) is 37.7 Å². The summed E-state index contributed by atoms with van der Waals surface area (Å²) in [5.74, 6) is -0.0724. The van der Waals surface area contributed by atoms with Gasteiger partial charge in [-0.3, -0.25) is 4.79 Å². The molecule has 0 bridgehead atoms. The van der Waals surface area contributed by atoms with Crippen LogP contribution in [0.5, 0.6) is 5.75 Å². The van der Waals surface area contributed by atoms with E-state index in [9.17, 15) is 9.90 Å². The van der Waals surface area contributed by atoms with Crippen molar-refractivity contribution < 1.29 is 14.6 Å². The zero-order chi connectivity index (χ0) is 12.3. The molecule has 1 aliphatic heterocycles. The van der Waals surface area contributed by atoms with Crippen LogP contribution in [0.4, 0.5) is 0 Å². The Morgan fingerprint density at radius 2 is 2.12 bits per heavy atom. The van der Waals surface area contributed by atoms with Crippen molar-refractivity contribution in [3.8, 4) is 5.75 Å². The summed E-state index contributed by atoms with van der Waals surface area (Å²) in [6, 6.07) is 7.84. The summed E-state index contributed by atoms with van der Waals surface area (Å²) in [5.41, 5.74) is 0.606. The molecule has 0 aromatic heterocycles. The highest BCUT2D eigenvalue weighted by Gasteiger charge is 2.64. The van der Waals surface area contributed by atoms with E-state index in [4.69, 9.17) is 4.74 Å². The molecule has 0 saturated heterocycles. The average molecular weight is 232 g/mol. The summed E-state index contributed by atoms with van der Waals surface area (Å²) in [7, 11) is 0. The van der Waals surface area contributed by atoms with E-state index in [0.29, 0.717) is 0 Å². The molecule has 0 unspecified atom stereocenters. The second-order valence-electron chi connectivity index (χ2n) is 5.79. The van der Waals surface area contributed by atoms with Gasteiger partial charge in [0.2, 0.25) is 0 Å². The minimum absolute atomic E-state index is 0.190. The van der Waals surface area contributed by atoms with E-state index in [1.54, 1.807) is 0 Å². The Morgan fingerprint density at radius 3 is 2.76 bits per heavy atom. The van der Waals surface area contributed by atoms with Crippen LogP contribution in [-0.4, -0.2) is 16.7 Å². The molecule has 1 heterocycles. The maximum Gasteiger partial charge on any atom is 0.307 e. The first-order chi connectivity index (χ1) is 7.95. The van der Waals surface area contributed by atoms with Gasteiger partial charge in [-0.15, -0.1) is 0 Å². The van der Waals surface area contributed by atoms with E-state index in [0.717, 1.165) is 24.2 Å². The number of aliphatic carboxylic acids is 1. The van der Waals surface area contributed by atoms with E-state index in [2.05, 4.69) is 0 Å². The molecular formula is C14H16O3. The van der Waals surface area contributed by atoms with Gasteiger partial charge in [-0.25, -0.2) is 0 Å². The van der Waals surface area contributed by atoms with Gasteiger partial charge in [0, 0.05) is 11.0 Å². The number of ether oxygens (including phenoxy) is 1. The number of carbonyl (C=O) groups is 1. The summed E-state index contributed by atoms with van der Waals surface area (Å²) in [6.07, 6.45) is 1.53. The van der Waals surface area contributed by atoms with Gasteiger partial charge in [0.25, 0.3) is 0 Å². The predicted octanol–water partition coefficient (Wildman–Crippen LogP) is 2.59. The Morgan fingerprint density at radius 1 is 1.41 bits per heavy atom. The van der Waals surface area contributed by atoms with Crippen molar-refractivity contribution in [2.24, 2.45) is 5.92 Å². The molecule has 2 atom stereocenters. The zero-order valence-electron chi connectivity index (χ0n) is 10.1. The van der Waals surface area contributed by atoms with Crippen LogP contribution >= 0.6 is 0 Å². The number of rotatable bonds is 1. The van der Waals surface area contributed by atoms with E-state index in [-0.39, 0.29) is 16.9 Å². The fourth-order valence-electron chi connectivity index (χ4n) is 3.28. The Bertz CT molecular complexity index is 492. The number of para-hydroxylation sites is 1. The van der Waals surface area contributed by atoms with Gasteiger partial charge in [-0.05, 0) is 32.8 Å². The molecule has 3 rings (SSSR count). The summed E-state index contributed by atoms with van der Waals surface area (Å²) in [4.78, 5) is 11.2. The van der Waals surface area contributed by atoms with Gasteiger partial charge < -0.3 is 9.84 Å². The fraction of sp³-hybridized carbons (Fsp3) is 0.500. The Labute approximate surface area is 100 Å². The Balaban J connectivity index is 2.09. The molecule has 1 N–H and O–H groups in total. The van der Waals surface area contributed by atoms with Crippen LogP contribution in [0.2, 0.25) is 0 Å². The number of hydrogen-bond donors (Lipinski definition) is 1. The van der Waals surface area contributed by atoms with Crippen LogP contribution in [0.3, 0.4) is 0 Å². The largest absolute Gasteiger partial charge is 0.488 e. The Hall–Kier alpha value is -1.51. The van der Waals surface area contributed by atoms with E-state index in [1.807, 2.05) is 38.1 Å². The molecule has 1 saturated carbocycles. The molecular weight excluding hydrogens is 216 g/mol. The molecule has 1 aliphatic carbocycles. The van der Waals surface area contributed by atoms with Crippen LogP contribution in [0.1, 0.15) is 32.3 Å². The van der Waals surface area contributed by atoms with Crippen LogP contribution in [0, 0.1) is 5.92 Å². The molecule has 1 aromatic carbocycles. The predicted molar refractivity (Wildman–Crippen MR) is 63.2 cm³/mol. The first-order valence-corrected chi connectivity index (χ1v) is 5.96. The molecule has 17 heavy (non-hydrogen) atoms. The third-order valence-corrected chi connectivity index (χ3v) is 3.92. The van der Waals surface area contributed by atoms with Gasteiger partial charge in [-0.2, -0.15) is 0 Å². The maximum atomic E-state index is 11.2. The quantitative estimate of drug-likeness (QED) is 0.809. The average Bonchev–Trinajstić information content (AvgIpc) is 2.91. The maximum absolute atomic E-state index is 11.2. The molecule has 1 aromatic rings. The van der Waals surface area contributed by atoms with E-state index >= 15 is 0 Å². The van der Waals surface area contributed by atoms with Crippen molar-refractivity contribution in [3.63, 3.8) is 0 Å². The first kappa shape index (κ1) is 10.6. The van der Waals surface area contributed by atoms with Crippen LogP contribution in [0.15, 0.2) is 24.3 Å². The third kappa shape index (κ3) is 1.45. The number of benzene rings is 1. The van der Waals surface area contributed by atoms with Crippen LogP contribution in [0.25, 0.3) is 0 Å². The smallest absolute Gasteiger partial charge is 0.307 e. The summed E-state index contributed by atoms with van der Waals surface area (Å²) < 4.78 is 5.93.